The molecule has 0 saturated carbocycles. The van der Waals surface area contributed by atoms with Crippen LogP contribution in [0.1, 0.15) is 57.2 Å². The van der Waals surface area contributed by atoms with Gasteiger partial charge >= 0.3 is 0 Å². The minimum Gasteiger partial charge on any atom is -0.382 e. The van der Waals surface area contributed by atoms with Gasteiger partial charge in [-0.3, -0.25) is 4.98 Å². The summed E-state index contributed by atoms with van der Waals surface area (Å²) in [6.45, 7) is 5.43. The van der Waals surface area contributed by atoms with Gasteiger partial charge in [0.15, 0.2) is 5.65 Å². The molecule has 7 heteroatoms. The number of anilines is 1. The third-order valence-electron chi connectivity index (χ3n) is 5.01. The highest BCUT2D eigenvalue weighted by Crippen LogP contribution is 2.37. The van der Waals surface area contributed by atoms with E-state index >= 15 is 0 Å². The molecule has 0 amide bonds. The number of rotatable bonds is 0. The van der Waals surface area contributed by atoms with Crippen LogP contribution >= 0.6 is 0 Å². The van der Waals surface area contributed by atoms with E-state index in [0.717, 1.165) is 12.3 Å². The van der Waals surface area contributed by atoms with Crippen LogP contribution in [0.15, 0.2) is 37.3 Å². The highest BCUT2D eigenvalue weighted by molar-refractivity contribution is 5.74. The number of hydrogen-bond donors (Lipinski definition) is 1. The van der Waals surface area contributed by atoms with Crippen LogP contribution in [0, 0.1) is 5.82 Å². The fraction of sp³-hybridized carbons (Fsp3) is 0.381. The Balaban J connectivity index is 1.82. The SMILES string of the molecule is [2H]C1([2H])C[C@@H]2c3cc(F)cnc3C([2H])([2H])C([2H])([2H])[C@@H](C)NC(=C)c3cnn4ccc(nc34)N2C1. The Bertz CT molecular complexity index is 1310. The van der Waals surface area contributed by atoms with Crippen molar-refractivity contribution in [2.75, 3.05) is 11.4 Å². The summed E-state index contributed by atoms with van der Waals surface area (Å²) in [6.07, 6.45) is -2.84. The van der Waals surface area contributed by atoms with E-state index in [-0.39, 0.29) is 24.2 Å². The van der Waals surface area contributed by atoms with Crippen molar-refractivity contribution in [2.45, 2.75) is 44.5 Å². The lowest BCUT2D eigenvalue weighted by Gasteiger charge is -2.27. The average molecular weight is 384 g/mol. The largest absolute Gasteiger partial charge is 0.382 e. The molecule has 0 aromatic carbocycles. The molecular formula is C21H23FN6. The summed E-state index contributed by atoms with van der Waals surface area (Å²) in [4.78, 5) is 10.4. The van der Waals surface area contributed by atoms with E-state index < -0.39 is 37.0 Å². The van der Waals surface area contributed by atoms with Crippen LogP contribution in [-0.4, -0.2) is 32.2 Å². The lowest BCUT2D eigenvalue weighted by Crippen LogP contribution is -2.26. The Hall–Kier alpha value is -2.96. The van der Waals surface area contributed by atoms with E-state index in [1.54, 1.807) is 17.2 Å². The molecule has 2 bridgehead atoms. The van der Waals surface area contributed by atoms with Gasteiger partial charge in [-0.2, -0.15) is 5.10 Å². The third-order valence-corrected chi connectivity index (χ3v) is 5.01. The summed E-state index contributed by atoms with van der Waals surface area (Å²) in [5.41, 5.74) is 1.07. The van der Waals surface area contributed by atoms with Gasteiger partial charge in [-0.05, 0) is 50.2 Å². The van der Waals surface area contributed by atoms with Crippen LogP contribution in [0.4, 0.5) is 10.2 Å². The first-order valence-electron chi connectivity index (χ1n) is 12.0. The highest BCUT2D eigenvalue weighted by Gasteiger charge is 2.30. The normalized spacial score (nSPS) is 30.8. The van der Waals surface area contributed by atoms with Gasteiger partial charge in [0.25, 0.3) is 0 Å². The van der Waals surface area contributed by atoms with Crippen LogP contribution < -0.4 is 10.2 Å². The predicted molar refractivity (Wildman–Crippen MR) is 106 cm³/mol. The number of nitrogens with zero attached hydrogens (tertiary/aromatic N) is 5. The van der Waals surface area contributed by atoms with Crippen molar-refractivity contribution in [3.8, 4) is 0 Å². The van der Waals surface area contributed by atoms with E-state index in [9.17, 15) is 4.39 Å². The van der Waals surface area contributed by atoms with Crippen molar-refractivity contribution in [2.24, 2.45) is 0 Å². The molecule has 5 heterocycles. The predicted octanol–water partition coefficient (Wildman–Crippen LogP) is 3.50. The molecule has 3 aromatic heterocycles. The Morgan fingerprint density at radius 2 is 2.29 bits per heavy atom. The summed E-state index contributed by atoms with van der Waals surface area (Å²) in [5, 5.41) is 7.21. The lowest BCUT2D eigenvalue weighted by atomic mass is 9.98. The minimum absolute atomic E-state index is 0.0637. The van der Waals surface area contributed by atoms with Gasteiger partial charge in [-0.1, -0.05) is 6.58 Å². The fourth-order valence-corrected chi connectivity index (χ4v) is 3.66. The van der Waals surface area contributed by atoms with Crippen molar-refractivity contribution in [1.29, 1.82) is 0 Å². The topological polar surface area (TPSA) is 58.4 Å². The van der Waals surface area contributed by atoms with E-state index in [2.05, 4.69) is 27.0 Å². The van der Waals surface area contributed by atoms with Crippen LogP contribution in [-0.2, 0) is 6.37 Å². The van der Waals surface area contributed by atoms with Gasteiger partial charge in [0, 0.05) is 38.4 Å². The summed E-state index contributed by atoms with van der Waals surface area (Å²) >= 11 is 0. The minimum atomic E-state index is -2.65. The van der Waals surface area contributed by atoms with Gasteiger partial charge < -0.3 is 10.2 Å². The van der Waals surface area contributed by atoms with Crippen LogP contribution in [0.2, 0.25) is 0 Å². The molecule has 28 heavy (non-hydrogen) atoms. The molecule has 1 saturated heterocycles. The van der Waals surface area contributed by atoms with E-state index in [1.165, 1.54) is 17.6 Å². The number of fused-ring (bicyclic) bond motifs is 5. The van der Waals surface area contributed by atoms with Crippen molar-refractivity contribution in [3.63, 3.8) is 0 Å². The molecule has 2 aliphatic heterocycles. The number of halogens is 1. The molecule has 2 atom stereocenters. The standard InChI is InChI=1S/C21H23FN6/c1-13-5-6-18-16(10-15(22)11-23-18)19-4-3-8-27(19)20-7-9-28-21(26-20)17(12-24-28)14(2)25-13/h7,9-13,19,25H,2-6,8H2,1H3/t13-,19-/m1/s1/i3D2,5D2,6D2. The van der Waals surface area contributed by atoms with Crippen LogP contribution in [0.5, 0.6) is 0 Å². The molecule has 1 N–H and O–H groups in total. The zero-order valence-corrected chi connectivity index (χ0v) is 15.3. The van der Waals surface area contributed by atoms with E-state index in [0.29, 0.717) is 22.7 Å². The van der Waals surface area contributed by atoms with Crippen molar-refractivity contribution in [3.05, 3.63) is 59.9 Å². The lowest BCUT2D eigenvalue weighted by molar-refractivity contribution is 0.575. The van der Waals surface area contributed by atoms with Crippen LogP contribution in [0.25, 0.3) is 11.3 Å². The molecule has 6 nitrogen and oxygen atoms in total. The monoisotopic (exact) mass is 384 g/mol. The summed E-state index contributed by atoms with van der Waals surface area (Å²) in [7, 11) is 0. The maximum atomic E-state index is 14.4. The molecule has 0 spiro atoms. The fourth-order valence-electron chi connectivity index (χ4n) is 3.66. The number of aromatic nitrogens is 4. The zero-order valence-electron chi connectivity index (χ0n) is 21.3. The molecular weight excluding hydrogens is 355 g/mol. The number of nitrogens with one attached hydrogen (secondary N) is 1. The molecule has 0 radical (unpaired) electrons. The molecule has 0 unspecified atom stereocenters. The molecule has 5 rings (SSSR count). The van der Waals surface area contributed by atoms with Crippen molar-refractivity contribution in [1.82, 2.24) is 24.9 Å². The van der Waals surface area contributed by atoms with Crippen LogP contribution in [0.3, 0.4) is 0 Å². The summed E-state index contributed by atoms with van der Waals surface area (Å²) < 4.78 is 67.8. The van der Waals surface area contributed by atoms with Gasteiger partial charge in [0.2, 0.25) is 0 Å². The number of pyridine rings is 1. The molecule has 2 aliphatic rings. The molecule has 3 aromatic rings. The first kappa shape index (κ1) is 11.8. The number of aryl methyl sites for hydroxylation is 1. The van der Waals surface area contributed by atoms with E-state index in [4.69, 9.17) is 8.22 Å². The second-order valence-electron chi connectivity index (χ2n) is 6.92. The van der Waals surface area contributed by atoms with Gasteiger partial charge in [0.05, 0.1) is 24.0 Å². The summed E-state index contributed by atoms with van der Waals surface area (Å²) in [6, 6.07) is 0.901. The van der Waals surface area contributed by atoms with Gasteiger partial charge in [0.1, 0.15) is 11.6 Å². The van der Waals surface area contributed by atoms with Gasteiger partial charge in [-0.25, -0.2) is 13.9 Å². The first-order chi connectivity index (χ1) is 15.8. The summed E-state index contributed by atoms with van der Waals surface area (Å²) in [5.74, 6) is -0.313. The Morgan fingerprint density at radius 3 is 3.18 bits per heavy atom. The molecule has 144 valence electrons. The zero-order chi connectivity index (χ0) is 24.6. The third kappa shape index (κ3) is 2.82. The Morgan fingerprint density at radius 1 is 1.39 bits per heavy atom. The van der Waals surface area contributed by atoms with Crippen molar-refractivity contribution >= 4 is 17.2 Å². The quantitative estimate of drug-likeness (QED) is 0.643. The Labute approximate surface area is 171 Å². The number of hydrogen-bond acceptors (Lipinski definition) is 5. The smallest absolute Gasteiger partial charge is 0.166 e. The maximum absolute atomic E-state index is 14.4. The molecule has 0 aliphatic carbocycles. The Kier molecular flexibility index (Phi) is 2.77. The van der Waals surface area contributed by atoms with Gasteiger partial charge in [-0.15, -0.1) is 0 Å². The van der Waals surface area contributed by atoms with E-state index in [1.807, 2.05) is 0 Å². The van der Waals surface area contributed by atoms with Crippen molar-refractivity contribution < 1.29 is 12.6 Å². The second-order valence-corrected chi connectivity index (χ2v) is 6.92. The second kappa shape index (κ2) is 6.58. The maximum Gasteiger partial charge on any atom is 0.166 e. The molecule has 1 fully saturated rings. The average Bonchev–Trinajstić information content (AvgIpc) is 3.32. The first-order valence-corrected chi connectivity index (χ1v) is 9.05. The highest BCUT2D eigenvalue weighted by atomic mass is 19.1.